The molecule has 0 bridgehead atoms. The molecule has 0 aromatic heterocycles. The number of benzene rings is 1. The summed E-state index contributed by atoms with van der Waals surface area (Å²) in [5, 5.41) is 0.968. The number of ether oxygens (including phenoxy) is 1. The van der Waals surface area contributed by atoms with E-state index in [0.717, 1.165) is 0 Å². The Bertz CT molecular complexity index is 419. The van der Waals surface area contributed by atoms with Gasteiger partial charge in [0.2, 0.25) is 0 Å². The monoisotopic (exact) mass is 289 g/mol. The Morgan fingerprint density at radius 1 is 1.33 bits per heavy atom. The van der Waals surface area contributed by atoms with Gasteiger partial charge in [0.05, 0.1) is 5.02 Å². The number of likely N-dealkylation sites (N-methyl/N-ethyl adjacent to an activating group) is 1. The van der Waals surface area contributed by atoms with Crippen LogP contribution in [0.4, 0.5) is 0 Å². The van der Waals surface area contributed by atoms with E-state index in [-0.39, 0.29) is 5.91 Å². The van der Waals surface area contributed by atoms with Gasteiger partial charge in [-0.1, -0.05) is 23.2 Å². The molecule has 0 heterocycles. The van der Waals surface area contributed by atoms with Crippen LogP contribution in [0.3, 0.4) is 0 Å². The van der Waals surface area contributed by atoms with E-state index < -0.39 is 6.10 Å². The zero-order valence-corrected chi connectivity index (χ0v) is 12.3. The quantitative estimate of drug-likeness (QED) is 0.828. The van der Waals surface area contributed by atoms with Crippen LogP contribution in [0.15, 0.2) is 18.2 Å². The van der Waals surface area contributed by atoms with E-state index in [9.17, 15) is 4.79 Å². The lowest BCUT2D eigenvalue weighted by atomic mass is 10.3. The third kappa shape index (κ3) is 3.79. The molecule has 0 saturated carbocycles. The van der Waals surface area contributed by atoms with Gasteiger partial charge in [0, 0.05) is 24.2 Å². The smallest absolute Gasteiger partial charge is 0.263 e. The van der Waals surface area contributed by atoms with Gasteiger partial charge in [-0.15, -0.1) is 0 Å². The van der Waals surface area contributed by atoms with Crippen molar-refractivity contribution in [1.82, 2.24) is 4.90 Å². The number of rotatable bonds is 5. The second-order valence-electron chi connectivity index (χ2n) is 3.85. The predicted octanol–water partition coefficient (Wildman–Crippen LogP) is 3.63. The Hall–Kier alpha value is -0.930. The Morgan fingerprint density at radius 3 is 2.50 bits per heavy atom. The van der Waals surface area contributed by atoms with Crippen LogP contribution in [0.25, 0.3) is 0 Å². The minimum atomic E-state index is -0.583. The minimum absolute atomic E-state index is 0.0592. The van der Waals surface area contributed by atoms with Crippen molar-refractivity contribution in [3.63, 3.8) is 0 Å². The molecule has 0 spiro atoms. The fourth-order valence-electron chi connectivity index (χ4n) is 1.60. The van der Waals surface area contributed by atoms with Crippen molar-refractivity contribution in [2.75, 3.05) is 13.1 Å². The minimum Gasteiger partial charge on any atom is -0.479 e. The van der Waals surface area contributed by atoms with E-state index in [4.69, 9.17) is 27.9 Å². The molecular formula is C13H17Cl2NO2. The van der Waals surface area contributed by atoms with Crippen molar-refractivity contribution >= 4 is 29.1 Å². The highest BCUT2D eigenvalue weighted by molar-refractivity contribution is 6.34. The second kappa shape index (κ2) is 6.86. The Morgan fingerprint density at radius 2 is 1.94 bits per heavy atom. The molecule has 1 unspecified atom stereocenters. The Kier molecular flexibility index (Phi) is 5.76. The highest BCUT2D eigenvalue weighted by Crippen LogP contribution is 2.28. The molecule has 0 radical (unpaired) electrons. The first-order valence-corrected chi connectivity index (χ1v) is 6.65. The van der Waals surface area contributed by atoms with Gasteiger partial charge in [-0.05, 0) is 32.9 Å². The first kappa shape index (κ1) is 15.1. The first-order chi connectivity index (χ1) is 8.49. The lowest BCUT2D eigenvalue weighted by molar-refractivity contribution is -0.137. The van der Waals surface area contributed by atoms with Crippen LogP contribution in [0.5, 0.6) is 5.75 Å². The van der Waals surface area contributed by atoms with Gasteiger partial charge in [-0.3, -0.25) is 4.79 Å². The largest absolute Gasteiger partial charge is 0.479 e. The summed E-state index contributed by atoms with van der Waals surface area (Å²) in [6, 6.07) is 4.93. The van der Waals surface area contributed by atoms with Crippen LogP contribution < -0.4 is 4.74 Å². The lowest BCUT2D eigenvalue weighted by Gasteiger charge is -2.23. The Labute approximate surface area is 118 Å². The van der Waals surface area contributed by atoms with Gasteiger partial charge in [0.15, 0.2) is 6.10 Å². The summed E-state index contributed by atoms with van der Waals surface area (Å²) < 4.78 is 5.56. The van der Waals surface area contributed by atoms with Crippen LogP contribution >= 0.6 is 23.2 Å². The maximum absolute atomic E-state index is 12.0. The first-order valence-electron chi connectivity index (χ1n) is 5.90. The van der Waals surface area contributed by atoms with Crippen LogP contribution in [-0.4, -0.2) is 30.0 Å². The molecule has 18 heavy (non-hydrogen) atoms. The van der Waals surface area contributed by atoms with E-state index in [1.54, 1.807) is 30.0 Å². The van der Waals surface area contributed by atoms with Crippen molar-refractivity contribution in [2.45, 2.75) is 26.9 Å². The molecule has 1 atom stereocenters. The van der Waals surface area contributed by atoms with E-state index >= 15 is 0 Å². The Balaban J connectivity index is 2.77. The summed E-state index contributed by atoms with van der Waals surface area (Å²) in [6.45, 7) is 6.89. The lowest BCUT2D eigenvalue weighted by Crippen LogP contribution is -2.40. The van der Waals surface area contributed by atoms with Crippen LogP contribution in [-0.2, 0) is 4.79 Å². The molecule has 0 aliphatic heterocycles. The maximum Gasteiger partial charge on any atom is 0.263 e. The van der Waals surface area contributed by atoms with Crippen molar-refractivity contribution in [3.05, 3.63) is 28.2 Å². The van der Waals surface area contributed by atoms with E-state index in [2.05, 4.69) is 0 Å². The average Bonchev–Trinajstić information content (AvgIpc) is 2.35. The summed E-state index contributed by atoms with van der Waals surface area (Å²) in [4.78, 5) is 13.7. The summed E-state index contributed by atoms with van der Waals surface area (Å²) in [7, 11) is 0. The fraction of sp³-hybridized carbons (Fsp3) is 0.462. The zero-order valence-electron chi connectivity index (χ0n) is 10.7. The molecule has 1 aromatic rings. The van der Waals surface area contributed by atoms with E-state index in [0.29, 0.717) is 28.9 Å². The second-order valence-corrected chi connectivity index (χ2v) is 4.69. The number of nitrogens with zero attached hydrogens (tertiary/aromatic N) is 1. The maximum atomic E-state index is 12.0. The van der Waals surface area contributed by atoms with Gasteiger partial charge in [0.1, 0.15) is 5.75 Å². The number of carbonyl (C=O) groups excluding carboxylic acids is 1. The van der Waals surface area contributed by atoms with E-state index in [1.165, 1.54) is 0 Å². The highest BCUT2D eigenvalue weighted by Gasteiger charge is 2.20. The highest BCUT2D eigenvalue weighted by atomic mass is 35.5. The fourth-order valence-corrected chi connectivity index (χ4v) is 1.92. The molecule has 0 saturated heterocycles. The summed E-state index contributed by atoms with van der Waals surface area (Å²) in [5.41, 5.74) is 0. The van der Waals surface area contributed by atoms with Gasteiger partial charge >= 0.3 is 0 Å². The number of hydrogen-bond acceptors (Lipinski definition) is 2. The molecule has 0 aliphatic rings. The predicted molar refractivity (Wildman–Crippen MR) is 74.5 cm³/mol. The molecule has 0 fully saturated rings. The van der Waals surface area contributed by atoms with Gasteiger partial charge in [-0.25, -0.2) is 0 Å². The SMILES string of the molecule is CCN(CC)C(=O)C(C)Oc1cc(Cl)ccc1Cl. The standard InChI is InChI=1S/C13H17Cl2NO2/c1-4-16(5-2)13(17)9(3)18-12-8-10(14)6-7-11(12)15/h6-9H,4-5H2,1-3H3. The number of halogens is 2. The van der Waals surface area contributed by atoms with Crippen molar-refractivity contribution in [1.29, 1.82) is 0 Å². The molecule has 1 aromatic carbocycles. The molecule has 5 heteroatoms. The number of carbonyl (C=O) groups is 1. The van der Waals surface area contributed by atoms with Crippen molar-refractivity contribution in [2.24, 2.45) is 0 Å². The van der Waals surface area contributed by atoms with Gasteiger partial charge in [-0.2, -0.15) is 0 Å². The molecule has 100 valence electrons. The summed E-state index contributed by atoms with van der Waals surface area (Å²) >= 11 is 11.8. The molecule has 0 N–H and O–H groups in total. The van der Waals surface area contributed by atoms with Crippen molar-refractivity contribution in [3.8, 4) is 5.75 Å². The summed E-state index contributed by atoms with van der Waals surface area (Å²) in [6.07, 6.45) is -0.583. The molecular weight excluding hydrogens is 273 g/mol. The van der Waals surface area contributed by atoms with Crippen LogP contribution in [0.2, 0.25) is 10.0 Å². The summed E-state index contributed by atoms with van der Waals surface area (Å²) in [5.74, 6) is 0.369. The van der Waals surface area contributed by atoms with Gasteiger partial charge in [0.25, 0.3) is 5.91 Å². The number of amides is 1. The third-order valence-corrected chi connectivity index (χ3v) is 3.17. The van der Waals surface area contributed by atoms with Crippen LogP contribution in [0.1, 0.15) is 20.8 Å². The van der Waals surface area contributed by atoms with E-state index in [1.807, 2.05) is 13.8 Å². The third-order valence-electron chi connectivity index (χ3n) is 2.62. The normalized spacial score (nSPS) is 12.1. The molecule has 0 aliphatic carbocycles. The van der Waals surface area contributed by atoms with Crippen molar-refractivity contribution < 1.29 is 9.53 Å². The topological polar surface area (TPSA) is 29.5 Å². The van der Waals surface area contributed by atoms with Gasteiger partial charge < -0.3 is 9.64 Å². The molecule has 3 nitrogen and oxygen atoms in total. The number of hydrogen-bond donors (Lipinski definition) is 0. The van der Waals surface area contributed by atoms with Crippen LogP contribution in [0, 0.1) is 0 Å². The molecule has 1 amide bonds. The zero-order chi connectivity index (χ0) is 13.7. The molecule has 1 rings (SSSR count). The average molecular weight is 290 g/mol.